The van der Waals surface area contributed by atoms with E-state index in [1.807, 2.05) is 55.5 Å². The Bertz CT molecular complexity index is 1090. The number of para-hydroxylation sites is 2. The van der Waals surface area contributed by atoms with E-state index in [9.17, 15) is 9.59 Å². The van der Waals surface area contributed by atoms with E-state index in [-0.39, 0.29) is 12.5 Å². The van der Waals surface area contributed by atoms with Gasteiger partial charge in [0.05, 0.1) is 23.7 Å². The van der Waals surface area contributed by atoms with Crippen molar-refractivity contribution in [3.63, 3.8) is 0 Å². The van der Waals surface area contributed by atoms with Gasteiger partial charge in [-0.05, 0) is 38.0 Å². The molecule has 1 aromatic heterocycles. The van der Waals surface area contributed by atoms with Crippen LogP contribution in [-0.4, -0.2) is 34.6 Å². The van der Waals surface area contributed by atoms with E-state index in [1.54, 1.807) is 11.8 Å². The number of imidazole rings is 1. The van der Waals surface area contributed by atoms with Gasteiger partial charge >= 0.3 is 5.97 Å². The number of benzene rings is 2. The molecule has 162 valence electrons. The highest BCUT2D eigenvalue weighted by molar-refractivity contribution is 6.08. The molecule has 0 bridgehead atoms. The van der Waals surface area contributed by atoms with Gasteiger partial charge in [-0.1, -0.05) is 61.7 Å². The highest BCUT2D eigenvalue weighted by atomic mass is 16.5. The number of rotatable bonds is 7. The summed E-state index contributed by atoms with van der Waals surface area (Å²) in [6, 6.07) is 15.3. The molecular formula is C25H29N3O3. The van der Waals surface area contributed by atoms with Gasteiger partial charge in [0.25, 0.3) is 0 Å². The molecule has 0 radical (unpaired) electrons. The van der Waals surface area contributed by atoms with Crippen molar-refractivity contribution in [1.82, 2.24) is 9.55 Å². The van der Waals surface area contributed by atoms with Gasteiger partial charge in [-0.3, -0.25) is 14.5 Å². The minimum atomic E-state index is -0.950. The maximum atomic E-state index is 13.7. The first kappa shape index (κ1) is 21.1. The maximum Gasteiger partial charge on any atom is 0.321 e. The summed E-state index contributed by atoms with van der Waals surface area (Å²) in [5.74, 6) is -1.06. The number of ether oxygens (including phenoxy) is 1. The first-order chi connectivity index (χ1) is 15.1. The quantitative estimate of drug-likeness (QED) is 0.318. The molecule has 0 unspecified atom stereocenters. The van der Waals surface area contributed by atoms with Crippen molar-refractivity contribution in [1.29, 1.82) is 0 Å². The maximum absolute atomic E-state index is 13.7. The third-order valence-electron chi connectivity index (χ3n) is 5.89. The zero-order chi connectivity index (χ0) is 22.0. The number of amides is 1. The number of aryl methyl sites for hydroxylation is 1. The van der Waals surface area contributed by atoms with Crippen molar-refractivity contribution >= 4 is 28.9 Å². The lowest BCUT2D eigenvalue weighted by atomic mass is 9.89. The number of fused-ring (bicyclic) bond motifs is 3. The van der Waals surface area contributed by atoms with Crippen molar-refractivity contribution in [2.24, 2.45) is 5.92 Å². The minimum Gasteiger partial charge on any atom is -0.465 e. The number of hydrogen-bond acceptors (Lipinski definition) is 4. The van der Waals surface area contributed by atoms with Gasteiger partial charge < -0.3 is 9.30 Å². The third-order valence-corrected chi connectivity index (χ3v) is 5.89. The van der Waals surface area contributed by atoms with Gasteiger partial charge in [-0.2, -0.15) is 0 Å². The zero-order valence-corrected chi connectivity index (χ0v) is 18.4. The highest BCUT2D eigenvalue weighted by Crippen LogP contribution is 2.41. The summed E-state index contributed by atoms with van der Waals surface area (Å²) in [5, 5.41) is 0. The summed E-state index contributed by atoms with van der Waals surface area (Å²) >= 11 is 0. The Morgan fingerprint density at radius 2 is 1.81 bits per heavy atom. The van der Waals surface area contributed by atoms with Crippen LogP contribution < -0.4 is 4.90 Å². The molecule has 31 heavy (non-hydrogen) atoms. The van der Waals surface area contributed by atoms with E-state index in [4.69, 9.17) is 9.72 Å². The van der Waals surface area contributed by atoms with Gasteiger partial charge in [-0.25, -0.2) is 4.98 Å². The van der Waals surface area contributed by atoms with Gasteiger partial charge in [-0.15, -0.1) is 0 Å². The summed E-state index contributed by atoms with van der Waals surface area (Å²) in [6.07, 6.45) is 2.91. The number of unbranched alkanes of at least 4 members (excludes halogenated alkanes) is 2. The first-order valence-corrected chi connectivity index (χ1v) is 11.1. The summed E-state index contributed by atoms with van der Waals surface area (Å²) < 4.78 is 7.44. The number of carbonyl (C=O) groups is 2. The molecule has 2 heterocycles. The molecule has 1 aliphatic rings. The molecule has 1 aliphatic heterocycles. The van der Waals surface area contributed by atoms with Gasteiger partial charge in [0.2, 0.25) is 11.9 Å². The van der Waals surface area contributed by atoms with Crippen molar-refractivity contribution in [3.05, 3.63) is 59.7 Å². The lowest BCUT2D eigenvalue weighted by Gasteiger charge is -2.38. The van der Waals surface area contributed by atoms with Gasteiger partial charge in [0.15, 0.2) is 5.92 Å². The van der Waals surface area contributed by atoms with Crippen molar-refractivity contribution in [2.45, 2.75) is 46.1 Å². The van der Waals surface area contributed by atoms with Crippen molar-refractivity contribution in [2.75, 3.05) is 18.1 Å². The van der Waals surface area contributed by atoms with Crippen LogP contribution in [0.4, 0.5) is 5.95 Å². The van der Waals surface area contributed by atoms with Crippen LogP contribution in [0, 0.1) is 12.8 Å². The van der Waals surface area contributed by atoms with E-state index in [0.717, 1.165) is 41.4 Å². The molecule has 6 nitrogen and oxygen atoms in total. The Kier molecular flexibility index (Phi) is 6.07. The molecule has 0 saturated heterocycles. The second-order valence-electron chi connectivity index (χ2n) is 8.05. The molecule has 0 fully saturated rings. The van der Waals surface area contributed by atoms with Gasteiger partial charge in [0, 0.05) is 6.54 Å². The average Bonchev–Trinajstić information content (AvgIpc) is 3.15. The number of aromatic nitrogens is 2. The second-order valence-corrected chi connectivity index (χ2v) is 8.05. The number of nitrogens with zero attached hydrogens (tertiary/aromatic N) is 3. The molecular weight excluding hydrogens is 390 g/mol. The smallest absolute Gasteiger partial charge is 0.321 e. The summed E-state index contributed by atoms with van der Waals surface area (Å²) in [5.41, 5.74) is 3.74. The number of hydrogen-bond donors (Lipinski definition) is 0. The first-order valence-electron chi connectivity index (χ1n) is 11.1. The largest absolute Gasteiger partial charge is 0.465 e. The topological polar surface area (TPSA) is 64.4 Å². The SMILES string of the molecule is CCCCCN1C(=O)[C@H](C(=O)OCC)[C@H](c2ccc(C)cc2)n2c1nc1ccccc12. The Hall–Kier alpha value is -3.15. The lowest BCUT2D eigenvalue weighted by Crippen LogP contribution is -2.50. The number of carbonyl (C=O) groups excluding carboxylic acids is 2. The van der Waals surface area contributed by atoms with Crippen LogP contribution in [0.2, 0.25) is 0 Å². The molecule has 4 rings (SSSR count). The normalized spacial score (nSPS) is 18.3. The van der Waals surface area contributed by atoms with Crippen molar-refractivity contribution < 1.29 is 14.3 Å². The van der Waals surface area contributed by atoms with Crippen LogP contribution in [0.25, 0.3) is 11.0 Å². The number of esters is 1. The fourth-order valence-electron chi connectivity index (χ4n) is 4.34. The summed E-state index contributed by atoms with van der Waals surface area (Å²) in [4.78, 5) is 33.3. The van der Waals surface area contributed by atoms with Crippen LogP contribution in [0.1, 0.15) is 50.3 Å². The van der Waals surface area contributed by atoms with E-state index in [2.05, 4.69) is 11.5 Å². The summed E-state index contributed by atoms with van der Waals surface area (Å²) in [6.45, 7) is 6.68. The molecule has 2 aromatic carbocycles. The minimum absolute atomic E-state index is 0.233. The van der Waals surface area contributed by atoms with Crippen LogP contribution in [-0.2, 0) is 14.3 Å². The Balaban J connectivity index is 1.93. The van der Waals surface area contributed by atoms with E-state index >= 15 is 0 Å². The fraction of sp³-hybridized carbons (Fsp3) is 0.400. The Morgan fingerprint density at radius 1 is 1.06 bits per heavy atom. The Labute approximate surface area is 182 Å². The third kappa shape index (κ3) is 3.82. The molecule has 0 spiro atoms. The van der Waals surface area contributed by atoms with Crippen molar-refractivity contribution in [3.8, 4) is 0 Å². The van der Waals surface area contributed by atoms with E-state index < -0.39 is 17.9 Å². The average molecular weight is 420 g/mol. The molecule has 6 heteroatoms. The molecule has 0 saturated carbocycles. The monoisotopic (exact) mass is 419 g/mol. The second kappa shape index (κ2) is 8.92. The van der Waals surface area contributed by atoms with Crippen LogP contribution in [0.3, 0.4) is 0 Å². The van der Waals surface area contributed by atoms with Crippen LogP contribution in [0.15, 0.2) is 48.5 Å². The lowest BCUT2D eigenvalue weighted by molar-refractivity contribution is -0.153. The molecule has 1 amide bonds. The molecule has 2 atom stereocenters. The fourth-order valence-corrected chi connectivity index (χ4v) is 4.34. The van der Waals surface area contributed by atoms with Gasteiger partial charge in [0.1, 0.15) is 0 Å². The predicted octanol–water partition coefficient (Wildman–Crippen LogP) is 4.65. The number of anilines is 1. The molecule has 3 aromatic rings. The van der Waals surface area contributed by atoms with Crippen LogP contribution >= 0.6 is 0 Å². The molecule has 0 aliphatic carbocycles. The Morgan fingerprint density at radius 3 is 2.52 bits per heavy atom. The summed E-state index contributed by atoms with van der Waals surface area (Å²) in [7, 11) is 0. The van der Waals surface area contributed by atoms with Crippen LogP contribution in [0.5, 0.6) is 0 Å². The zero-order valence-electron chi connectivity index (χ0n) is 18.4. The predicted molar refractivity (Wildman–Crippen MR) is 121 cm³/mol. The van der Waals surface area contributed by atoms with E-state index in [1.165, 1.54) is 0 Å². The standard InChI is InChI=1S/C25H29N3O3/c1-4-6-9-16-27-23(29)21(24(30)31-5-2)22(18-14-12-17(3)13-15-18)28-20-11-8-7-10-19(20)26-25(27)28/h7-8,10-15,21-22H,4-6,9,16H2,1-3H3/t21-,22+/m1/s1. The van der Waals surface area contributed by atoms with E-state index in [0.29, 0.717) is 12.5 Å². The highest BCUT2D eigenvalue weighted by Gasteiger charge is 2.47. The molecule has 0 N–H and O–H groups in total.